The molecular formula is C21H36N6O. The van der Waals surface area contributed by atoms with Crippen molar-refractivity contribution in [2.24, 2.45) is 10.4 Å². The summed E-state index contributed by atoms with van der Waals surface area (Å²) in [6.07, 6.45) is 12.3. The molecule has 2 fully saturated rings. The third-order valence-electron chi connectivity index (χ3n) is 7.03. The van der Waals surface area contributed by atoms with Gasteiger partial charge in [0, 0.05) is 51.0 Å². The largest absolute Gasteiger partial charge is 0.378 e. The van der Waals surface area contributed by atoms with E-state index in [0.29, 0.717) is 17.6 Å². The van der Waals surface area contributed by atoms with E-state index in [1.54, 1.807) is 0 Å². The summed E-state index contributed by atoms with van der Waals surface area (Å²) in [6.45, 7) is 4.90. The van der Waals surface area contributed by atoms with E-state index < -0.39 is 0 Å². The summed E-state index contributed by atoms with van der Waals surface area (Å²) in [5.74, 6) is 3.25. The summed E-state index contributed by atoms with van der Waals surface area (Å²) < 4.78 is 8.31. The molecule has 0 aromatic carbocycles. The van der Waals surface area contributed by atoms with Gasteiger partial charge in [0.15, 0.2) is 5.96 Å². The summed E-state index contributed by atoms with van der Waals surface area (Å²) in [4.78, 5) is 4.44. The number of ether oxygens (including phenoxy) is 1. The highest BCUT2D eigenvalue weighted by atomic mass is 16.5. The molecule has 7 nitrogen and oxygen atoms in total. The van der Waals surface area contributed by atoms with Gasteiger partial charge in [-0.3, -0.25) is 4.99 Å². The number of aryl methyl sites for hydroxylation is 2. The van der Waals surface area contributed by atoms with Crippen LogP contribution < -0.4 is 10.6 Å². The number of rotatable bonds is 7. The van der Waals surface area contributed by atoms with Gasteiger partial charge in [-0.15, -0.1) is 10.2 Å². The molecule has 1 aromatic heterocycles. The van der Waals surface area contributed by atoms with E-state index in [1.165, 1.54) is 44.3 Å². The van der Waals surface area contributed by atoms with Crippen LogP contribution in [0.25, 0.3) is 0 Å². The van der Waals surface area contributed by atoms with Gasteiger partial charge in [0.25, 0.3) is 0 Å². The van der Waals surface area contributed by atoms with Crippen molar-refractivity contribution in [2.75, 3.05) is 20.2 Å². The summed E-state index contributed by atoms with van der Waals surface area (Å²) in [6, 6.07) is 0.497. The first-order valence-electron chi connectivity index (χ1n) is 11.3. The van der Waals surface area contributed by atoms with Crippen molar-refractivity contribution in [1.82, 2.24) is 25.4 Å². The number of hydrogen-bond donors (Lipinski definition) is 2. The first kappa shape index (κ1) is 19.7. The average molecular weight is 389 g/mol. The van der Waals surface area contributed by atoms with E-state index in [9.17, 15) is 0 Å². The third kappa shape index (κ3) is 3.78. The molecule has 2 saturated carbocycles. The number of nitrogens with one attached hydrogen (secondary N) is 2. The summed E-state index contributed by atoms with van der Waals surface area (Å²) in [5.41, 5.74) is 0.354. The first-order chi connectivity index (χ1) is 13.8. The Labute approximate surface area is 168 Å². The molecule has 0 saturated heterocycles. The zero-order valence-electron chi connectivity index (χ0n) is 17.5. The lowest BCUT2D eigenvalue weighted by molar-refractivity contribution is -0.168. The fourth-order valence-electron chi connectivity index (χ4n) is 5.18. The molecule has 3 aliphatic rings. The van der Waals surface area contributed by atoms with Gasteiger partial charge in [0.1, 0.15) is 11.6 Å². The number of fused-ring (bicyclic) bond motifs is 1. The van der Waals surface area contributed by atoms with Gasteiger partial charge < -0.3 is 19.9 Å². The molecule has 156 valence electrons. The third-order valence-corrected chi connectivity index (χ3v) is 7.03. The molecule has 2 N–H and O–H groups in total. The van der Waals surface area contributed by atoms with E-state index >= 15 is 0 Å². The van der Waals surface area contributed by atoms with Crippen molar-refractivity contribution in [3.05, 3.63) is 11.6 Å². The molecule has 1 spiro atoms. The van der Waals surface area contributed by atoms with E-state index in [4.69, 9.17) is 4.74 Å². The fourth-order valence-corrected chi connectivity index (χ4v) is 5.18. The van der Waals surface area contributed by atoms with Crippen molar-refractivity contribution < 1.29 is 4.74 Å². The lowest BCUT2D eigenvalue weighted by Gasteiger charge is -2.61. The van der Waals surface area contributed by atoms with Gasteiger partial charge >= 0.3 is 0 Å². The molecular weight excluding hydrogens is 352 g/mol. The predicted molar refractivity (Wildman–Crippen MR) is 110 cm³/mol. The van der Waals surface area contributed by atoms with Crippen LogP contribution in [0.3, 0.4) is 0 Å². The van der Waals surface area contributed by atoms with Gasteiger partial charge in [-0.2, -0.15) is 0 Å². The van der Waals surface area contributed by atoms with E-state index in [0.717, 1.165) is 57.2 Å². The molecule has 0 amide bonds. The Balaban J connectivity index is 1.22. The van der Waals surface area contributed by atoms with Crippen molar-refractivity contribution >= 4 is 5.96 Å². The minimum Gasteiger partial charge on any atom is -0.378 e. The number of aliphatic imine (C=N–C) groups is 1. The second-order valence-corrected chi connectivity index (χ2v) is 8.56. The molecule has 2 atom stereocenters. The maximum absolute atomic E-state index is 5.96. The van der Waals surface area contributed by atoms with Crippen LogP contribution in [0, 0.1) is 5.41 Å². The zero-order chi connectivity index (χ0) is 19.4. The molecule has 0 radical (unpaired) electrons. The minimum atomic E-state index is 0.354. The van der Waals surface area contributed by atoms with Crippen LogP contribution in [-0.2, 0) is 24.1 Å². The molecule has 1 aliphatic heterocycles. The highest BCUT2D eigenvalue weighted by Crippen LogP contribution is 2.57. The Kier molecular flexibility index (Phi) is 6.19. The molecule has 2 aliphatic carbocycles. The maximum atomic E-state index is 5.96. The first-order valence-corrected chi connectivity index (χ1v) is 11.3. The number of nitrogens with zero attached hydrogens (tertiary/aromatic N) is 4. The van der Waals surface area contributed by atoms with Crippen LogP contribution in [0.5, 0.6) is 0 Å². The lowest BCUT2D eigenvalue weighted by atomic mass is 9.51. The van der Waals surface area contributed by atoms with Gasteiger partial charge in [-0.05, 0) is 45.4 Å². The van der Waals surface area contributed by atoms with Crippen LogP contribution in [0.2, 0.25) is 0 Å². The summed E-state index contributed by atoms with van der Waals surface area (Å²) in [5, 5.41) is 16.0. The van der Waals surface area contributed by atoms with Gasteiger partial charge in [0.05, 0.1) is 6.10 Å². The maximum Gasteiger partial charge on any atom is 0.191 e. The van der Waals surface area contributed by atoms with E-state index in [1.807, 2.05) is 7.05 Å². The van der Waals surface area contributed by atoms with E-state index in [2.05, 4.69) is 37.3 Å². The normalized spacial score (nSPS) is 26.1. The highest BCUT2D eigenvalue weighted by Gasteiger charge is 2.59. The van der Waals surface area contributed by atoms with Crippen molar-refractivity contribution in [3.8, 4) is 0 Å². The SMILES string of the molecule is CCOC1CC(NC(=NC)NCCCc2nnc3n2CCCCC3)C12CCC2. The van der Waals surface area contributed by atoms with Gasteiger partial charge in [-0.25, -0.2) is 0 Å². The minimum absolute atomic E-state index is 0.354. The summed E-state index contributed by atoms with van der Waals surface area (Å²) in [7, 11) is 1.86. The lowest BCUT2D eigenvalue weighted by Crippen LogP contribution is -2.68. The van der Waals surface area contributed by atoms with Crippen LogP contribution in [0.1, 0.15) is 69.9 Å². The highest BCUT2D eigenvalue weighted by molar-refractivity contribution is 5.80. The molecule has 2 unspecified atom stereocenters. The van der Waals surface area contributed by atoms with Crippen molar-refractivity contribution in [1.29, 1.82) is 0 Å². The number of aromatic nitrogens is 3. The van der Waals surface area contributed by atoms with E-state index in [-0.39, 0.29) is 0 Å². The van der Waals surface area contributed by atoms with Crippen molar-refractivity contribution in [3.63, 3.8) is 0 Å². The predicted octanol–water partition coefficient (Wildman–Crippen LogP) is 2.45. The quantitative estimate of drug-likeness (QED) is 0.426. The Morgan fingerprint density at radius 1 is 1.25 bits per heavy atom. The Morgan fingerprint density at radius 2 is 2.14 bits per heavy atom. The number of guanidine groups is 1. The van der Waals surface area contributed by atoms with Gasteiger partial charge in [-0.1, -0.05) is 12.8 Å². The Bertz CT molecular complexity index is 680. The molecule has 4 rings (SSSR count). The standard InChI is InChI=1S/C21H36N6O/c1-3-28-17-15-16(21(17)11-8-12-21)24-20(22-2)23-13-7-10-19-26-25-18-9-5-4-6-14-27(18)19/h16-17H,3-15H2,1-2H3,(H2,22,23,24). The topological polar surface area (TPSA) is 76.4 Å². The molecule has 0 bridgehead atoms. The second-order valence-electron chi connectivity index (χ2n) is 8.56. The van der Waals surface area contributed by atoms with Crippen LogP contribution in [0.4, 0.5) is 0 Å². The fraction of sp³-hybridized carbons (Fsp3) is 0.857. The second kappa shape index (κ2) is 8.80. The molecule has 28 heavy (non-hydrogen) atoms. The van der Waals surface area contributed by atoms with Crippen LogP contribution in [0.15, 0.2) is 4.99 Å². The van der Waals surface area contributed by atoms with Crippen LogP contribution >= 0.6 is 0 Å². The van der Waals surface area contributed by atoms with Crippen LogP contribution in [-0.4, -0.2) is 53.1 Å². The molecule has 7 heteroatoms. The van der Waals surface area contributed by atoms with Crippen molar-refractivity contribution in [2.45, 2.75) is 89.8 Å². The smallest absolute Gasteiger partial charge is 0.191 e. The Hall–Kier alpha value is -1.63. The monoisotopic (exact) mass is 388 g/mol. The molecule has 1 aromatic rings. The molecule has 2 heterocycles. The number of hydrogen-bond acceptors (Lipinski definition) is 4. The summed E-state index contributed by atoms with van der Waals surface area (Å²) >= 11 is 0. The Morgan fingerprint density at radius 3 is 2.89 bits per heavy atom. The zero-order valence-corrected chi connectivity index (χ0v) is 17.5. The average Bonchev–Trinajstić information content (AvgIpc) is 2.87. The van der Waals surface area contributed by atoms with Gasteiger partial charge in [0.2, 0.25) is 0 Å².